The van der Waals surface area contributed by atoms with E-state index in [1.165, 1.54) is 0 Å². The number of carbonyl (C=O) groups is 1. The van der Waals surface area contributed by atoms with Gasteiger partial charge in [0.2, 0.25) is 0 Å². The molecule has 0 bridgehead atoms. The van der Waals surface area contributed by atoms with Crippen molar-refractivity contribution in [3.8, 4) is 18.1 Å². The van der Waals surface area contributed by atoms with Crippen molar-refractivity contribution in [3.05, 3.63) is 59.9 Å². The first-order valence-electron chi connectivity index (χ1n) is 7.20. The van der Waals surface area contributed by atoms with Crippen LogP contribution in [-0.2, 0) is 6.54 Å². The van der Waals surface area contributed by atoms with Gasteiger partial charge in [-0.2, -0.15) is 0 Å². The first kappa shape index (κ1) is 16.5. The topological polar surface area (TPSA) is 62.7 Å². The molecule has 1 N–H and O–H groups in total. The monoisotopic (exact) mass is 310 g/mol. The van der Waals surface area contributed by atoms with Crippen LogP contribution >= 0.6 is 0 Å². The predicted molar refractivity (Wildman–Crippen MR) is 86.8 cm³/mol. The van der Waals surface area contributed by atoms with Crippen molar-refractivity contribution in [1.82, 2.24) is 9.88 Å². The smallest absolute Gasteiger partial charge is 0.254 e. The standard InChI is InChI=1S/C18H18N2O3/c1-2-12-23-17-7-5-16(6-8-17)18(22)20(10-11-21)14-15-4-3-9-19-13-15/h1,3-9,13,21H,10-12,14H2. The Kier molecular flexibility index (Phi) is 6.16. The fraction of sp³-hybridized carbons (Fsp3) is 0.222. The van der Waals surface area contributed by atoms with Crippen molar-refractivity contribution in [2.24, 2.45) is 0 Å². The molecule has 0 aliphatic rings. The third-order valence-corrected chi connectivity index (χ3v) is 3.18. The molecule has 0 fully saturated rings. The molecule has 0 atom stereocenters. The Balaban J connectivity index is 2.09. The molecule has 0 radical (unpaired) electrons. The van der Waals surface area contributed by atoms with Crippen molar-refractivity contribution in [2.45, 2.75) is 6.54 Å². The van der Waals surface area contributed by atoms with Gasteiger partial charge in [0.05, 0.1) is 6.61 Å². The Hall–Kier alpha value is -2.84. The van der Waals surface area contributed by atoms with Crippen LogP contribution in [0.3, 0.4) is 0 Å². The van der Waals surface area contributed by atoms with Crippen LogP contribution in [0.1, 0.15) is 15.9 Å². The molecular formula is C18H18N2O3. The maximum atomic E-state index is 12.6. The summed E-state index contributed by atoms with van der Waals surface area (Å²) in [5.74, 6) is 2.84. The molecule has 0 saturated heterocycles. The Morgan fingerprint density at radius 3 is 2.70 bits per heavy atom. The van der Waals surface area contributed by atoms with Crippen LogP contribution in [0.2, 0.25) is 0 Å². The quantitative estimate of drug-likeness (QED) is 0.791. The number of terminal acetylenes is 1. The highest BCUT2D eigenvalue weighted by atomic mass is 16.5. The largest absolute Gasteiger partial charge is 0.481 e. The van der Waals surface area contributed by atoms with E-state index in [0.29, 0.717) is 17.9 Å². The average Bonchev–Trinajstić information content (AvgIpc) is 2.60. The van der Waals surface area contributed by atoms with E-state index in [2.05, 4.69) is 10.9 Å². The molecular weight excluding hydrogens is 292 g/mol. The Bertz CT molecular complexity index is 663. The number of carbonyl (C=O) groups excluding carboxylic acids is 1. The predicted octanol–water partition coefficient (Wildman–Crippen LogP) is 1.73. The summed E-state index contributed by atoms with van der Waals surface area (Å²) in [6.45, 7) is 0.728. The number of aliphatic hydroxyl groups excluding tert-OH is 1. The molecule has 1 aromatic carbocycles. The number of amides is 1. The van der Waals surface area contributed by atoms with Gasteiger partial charge in [-0.3, -0.25) is 9.78 Å². The summed E-state index contributed by atoms with van der Waals surface area (Å²) in [6, 6.07) is 10.5. The van der Waals surface area contributed by atoms with Crippen LogP contribution < -0.4 is 4.74 Å². The van der Waals surface area contributed by atoms with E-state index >= 15 is 0 Å². The molecule has 1 aromatic heterocycles. The van der Waals surface area contributed by atoms with Crippen molar-refractivity contribution in [3.63, 3.8) is 0 Å². The second-order valence-electron chi connectivity index (χ2n) is 4.83. The van der Waals surface area contributed by atoms with Crippen molar-refractivity contribution in [1.29, 1.82) is 0 Å². The molecule has 2 aromatic rings. The van der Waals surface area contributed by atoms with Crippen LogP contribution in [0.15, 0.2) is 48.8 Å². The summed E-state index contributed by atoms with van der Waals surface area (Å²) in [5.41, 5.74) is 1.43. The van der Waals surface area contributed by atoms with Crippen LogP contribution in [0.25, 0.3) is 0 Å². The molecule has 0 aliphatic heterocycles. The highest BCUT2D eigenvalue weighted by molar-refractivity contribution is 5.94. The lowest BCUT2D eigenvalue weighted by Crippen LogP contribution is -2.33. The average molecular weight is 310 g/mol. The van der Waals surface area contributed by atoms with E-state index in [1.807, 2.05) is 12.1 Å². The summed E-state index contributed by atoms with van der Waals surface area (Å²) in [5, 5.41) is 9.20. The number of nitrogens with zero attached hydrogens (tertiary/aromatic N) is 2. The van der Waals surface area contributed by atoms with Crippen LogP contribution in [0.5, 0.6) is 5.75 Å². The zero-order valence-electron chi connectivity index (χ0n) is 12.7. The van der Waals surface area contributed by atoms with E-state index in [0.717, 1.165) is 5.56 Å². The maximum Gasteiger partial charge on any atom is 0.254 e. The number of hydrogen-bond donors (Lipinski definition) is 1. The molecule has 0 spiro atoms. The van der Waals surface area contributed by atoms with Gasteiger partial charge in [0.15, 0.2) is 0 Å². The minimum Gasteiger partial charge on any atom is -0.481 e. The van der Waals surface area contributed by atoms with Gasteiger partial charge in [0, 0.05) is 31.0 Å². The zero-order valence-corrected chi connectivity index (χ0v) is 12.7. The van der Waals surface area contributed by atoms with Gasteiger partial charge < -0.3 is 14.7 Å². The summed E-state index contributed by atoms with van der Waals surface area (Å²) in [7, 11) is 0. The number of rotatable bonds is 7. The van der Waals surface area contributed by atoms with E-state index in [9.17, 15) is 9.90 Å². The molecule has 5 heteroatoms. The van der Waals surface area contributed by atoms with Crippen LogP contribution in [-0.4, -0.2) is 40.7 Å². The van der Waals surface area contributed by atoms with Gasteiger partial charge >= 0.3 is 0 Å². The molecule has 1 amide bonds. The zero-order chi connectivity index (χ0) is 16.5. The van der Waals surface area contributed by atoms with Gasteiger partial charge in [0.25, 0.3) is 5.91 Å². The molecule has 0 aliphatic carbocycles. The first-order valence-corrected chi connectivity index (χ1v) is 7.20. The molecule has 1 heterocycles. The van der Waals surface area contributed by atoms with Crippen LogP contribution in [0.4, 0.5) is 0 Å². The molecule has 118 valence electrons. The number of ether oxygens (including phenoxy) is 1. The van der Waals surface area contributed by atoms with Gasteiger partial charge in [-0.15, -0.1) is 6.42 Å². The fourth-order valence-corrected chi connectivity index (χ4v) is 2.09. The van der Waals surface area contributed by atoms with E-state index < -0.39 is 0 Å². The van der Waals surface area contributed by atoms with Crippen molar-refractivity contribution < 1.29 is 14.6 Å². The second kappa shape index (κ2) is 8.57. The normalized spacial score (nSPS) is 9.91. The highest BCUT2D eigenvalue weighted by Gasteiger charge is 2.16. The lowest BCUT2D eigenvalue weighted by molar-refractivity contribution is 0.0707. The minimum atomic E-state index is -0.161. The number of hydrogen-bond acceptors (Lipinski definition) is 4. The molecule has 0 saturated carbocycles. The molecule has 5 nitrogen and oxygen atoms in total. The fourth-order valence-electron chi connectivity index (χ4n) is 2.09. The van der Waals surface area contributed by atoms with E-state index in [4.69, 9.17) is 11.2 Å². The van der Waals surface area contributed by atoms with Crippen molar-refractivity contribution in [2.75, 3.05) is 19.8 Å². The number of aliphatic hydroxyl groups is 1. The van der Waals surface area contributed by atoms with Crippen molar-refractivity contribution >= 4 is 5.91 Å². The molecule has 2 rings (SSSR count). The Morgan fingerprint density at radius 1 is 1.30 bits per heavy atom. The van der Waals surface area contributed by atoms with E-state index in [1.54, 1.807) is 41.6 Å². The van der Waals surface area contributed by atoms with Gasteiger partial charge in [0.1, 0.15) is 12.4 Å². The Morgan fingerprint density at radius 2 is 2.09 bits per heavy atom. The summed E-state index contributed by atoms with van der Waals surface area (Å²) in [6.07, 6.45) is 8.52. The number of aromatic nitrogens is 1. The lowest BCUT2D eigenvalue weighted by atomic mass is 10.1. The highest BCUT2D eigenvalue weighted by Crippen LogP contribution is 2.15. The van der Waals surface area contributed by atoms with E-state index in [-0.39, 0.29) is 25.7 Å². The molecule has 23 heavy (non-hydrogen) atoms. The van der Waals surface area contributed by atoms with Crippen LogP contribution in [0, 0.1) is 12.3 Å². The van der Waals surface area contributed by atoms with Gasteiger partial charge in [-0.05, 0) is 35.9 Å². The van der Waals surface area contributed by atoms with Gasteiger partial charge in [-0.1, -0.05) is 12.0 Å². The maximum absolute atomic E-state index is 12.6. The number of pyridine rings is 1. The first-order chi connectivity index (χ1) is 11.2. The minimum absolute atomic E-state index is 0.102. The third-order valence-electron chi connectivity index (χ3n) is 3.18. The summed E-state index contributed by atoms with van der Waals surface area (Å²) in [4.78, 5) is 18.2. The lowest BCUT2D eigenvalue weighted by Gasteiger charge is -2.22. The summed E-state index contributed by atoms with van der Waals surface area (Å²) >= 11 is 0. The third kappa shape index (κ3) is 4.83. The van der Waals surface area contributed by atoms with Gasteiger partial charge in [-0.25, -0.2) is 0 Å². The summed E-state index contributed by atoms with van der Waals surface area (Å²) < 4.78 is 5.28. The second-order valence-corrected chi connectivity index (χ2v) is 4.83. The SMILES string of the molecule is C#CCOc1ccc(C(=O)N(CCO)Cc2cccnc2)cc1. The number of benzene rings is 1. The Labute approximate surface area is 135 Å². The molecule has 0 unspecified atom stereocenters.